The Labute approximate surface area is 124 Å². The van der Waals surface area contributed by atoms with Crippen LogP contribution in [-0.2, 0) is 24.0 Å². The van der Waals surface area contributed by atoms with E-state index < -0.39 is 28.6 Å². The van der Waals surface area contributed by atoms with Gasteiger partial charge in [-0.3, -0.25) is 14.4 Å². The molecule has 0 bridgehead atoms. The predicted molar refractivity (Wildman–Crippen MR) is 73.4 cm³/mol. The Balaban J connectivity index is 2.78. The van der Waals surface area contributed by atoms with E-state index in [0.29, 0.717) is 5.06 Å². The van der Waals surface area contributed by atoms with Gasteiger partial charge in [-0.25, -0.2) is 4.79 Å². The van der Waals surface area contributed by atoms with Crippen LogP contribution in [-0.4, -0.2) is 35.8 Å². The molecule has 21 heavy (non-hydrogen) atoms. The van der Waals surface area contributed by atoms with Gasteiger partial charge in [-0.2, -0.15) is 0 Å². The fraction of sp³-hybridized carbons (Fsp3) is 0.714. The maximum atomic E-state index is 12.2. The largest absolute Gasteiger partial charge is 0.359 e. The van der Waals surface area contributed by atoms with Gasteiger partial charge in [0.1, 0.15) is 0 Å². The number of carbonyl (C=O) groups excluding carboxylic acids is 4. The highest BCUT2D eigenvalue weighted by Crippen LogP contribution is 2.35. The summed E-state index contributed by atoms with van der Waals surface area (Å²) < 4.78 is 0. The van der Waals surface area contributed by atoms with Crippen LogP contribution in [0.1, 0.15) is 47.0 Å². The van der Waals surface area contributed by atoms with Crippen LogP contribution < -0.4 is 5.32 Å². The van der Waals surface area contributed by atoms with Gasteiger partial charge in [-0.15, -0.1) is 5.06 Å². The van der Waals surface area contributed by atoms with Crippen LogP contribution in [0.5, 0.6) is 0 Å². The Kier molecular flexibility index (Phi) is 4.76. The van der Waals surface area contributed by atoms with Crippen LogP contribution in [0.4, 0.5) is 0 Å². The summed E-state index contributed by atoms with van der Waals surface area (Å²) in [6.07, 6.45) is 0.321. The van der Waals surface area contributed by atoms with Crippen molar-refractivity contribution in [2.75, 3.05) is 7.05 Å². The summed E-state index contributed by atoms with van der Waals surface area (Å²) in [6.45, 7) is 6.66. The van der Waals surface area contributed by atoms with E-state index in [-0.39, 0.29) is 25.2 Å². The first-order chi connectivity index (χ1) is 9.51. The van der Waals surface area contributed by atoms with Gasteiger partial charge >= 0.3 is 5.97 Å². The summed E-state index contributed by atoms with van der Waals surface area (Å²) >= 11 is 0. The predicted octanol–water partition coefficient (Wildman–Crippen LogP) is 0.782. The Morgan fingerprint density at radius 1 is 1.10 bits per heavy atom. The van der Waals surface area contributed by atoms with Gasteiger partial charge in [0, 0.05) is 25.3 Å². The number of nitrogens with one attached hydrogen (secondary N) is 1. The minimum absolute atomic E-state index is 0.0519. The fourth-order valence-electron chi connectivity index (χ4n) is 2.46. The highest BCUT2D eigenvalue weighted by atomic mass is 16.7. The average Bonchev–Trinajstić information content (AvgIpc) is 2.68. The summed E-state index contributed by atoms with van der Waals surface area (Å²) in [7, 11) is 1.52. The van der Waals surface area contributed by atoms with E-state index in [9.17, 15) is 19.2 Å². The molecule has 1 N–H and O–H groups in total. The van der Waals surface area contributed by atoms with Gasteiger partial charge < -0.3 is 10.2 Å². The molecule has 1 fully saturated rings. The lowest BCUT2D eigenvalue weighted by Gasteiger charge is -2.32. The van der Waals surface area contributed by atoms with Crippen molar-refractivity contribution >= 4 is 23.7 Å². The van der Waals surface area contributed by atoms with Crippen molar-refractivity contribution < 1.29 is 24.0 Å². The van der Waals surface area contributed by atoms with E-state index in [4.69, 9.17) is 4.84 Å². The van der Waals surface area contributed by atoms with E-state index in [2.05, 4.69) is 5.32 Å². The van der Waals surface area contributed by atoms with Crippen molar-refractivity contribution in [1.82, 2.24) is 10.4 Å². The molecule has 1 heterocycles. The van der Waals surface area contributed by atoms with Crippen molar-refractivity contribution in [3.8, 4) is 0 Å². The zero-order valence-electron chi connectivity index (χ0n) is 13.1. The van der Waals surface area contributed by atoms with Crippen LogP contribution >= 0.6 is 0 Å². The molecule has 0 aromatic heterocycles. The monoisotopic (exact) mass is 298 g/mol. The van der Waals surface area contributed by atoms with Crippen molar-refractivity contribution in [2.24, 2.45) is 10.8 Å². The Morgan fingerprint density at radius 2 is 1.57 bits per heavy atom. The van der Waals surface area contributed by atoms with Crippen molar-refractivity contribution in [2.45, 2.75) is 47.0 Å². The number of amides is 3. The summed E-state index contributed by atoms with van der Waals surface area (Å²) in [4.78, 5) is 51.8. The minimum Gasteiger partial charge on any atom is -0.359 e. The lowest BCUT2D eigenvalue weighted by Crippen LogP contribution is -2.43. The first-order valence-corrected chi connectivity index (χ1v) is 6.81. The molecule has 7 nitrogen and oxygen atoms in total. The van der Waals surface area contributed by atoms with Gasteiger partial charge in [-0.05, 0) is 20.3 Å². The fourth-order valence-corrected chi connectivity index (χ4v) is 2.46. The molecule has 7 heteroatoms. The molecule has 0 aromatic rings. The molecule has 0 aliphatic carbocycles. The van der Waals surface area contributed by atoms with Crippen molar-refractivity contribution in [1.29, 1.82) is 0 Å². The summed E-state index contributed by atoms with van der Waals surface area (Å²) in [5, 5.41) is 3.07. The number of hydrogen-bond donors (Lipinski definition) is 1. The topological polar surface area (TPSA) is 92.8 Å². The average molecular weight is 298 g/mol. The smallest absolute Gasteiger partial charge is 0.338 e. The maximum absolute atomic E-state index is 12.2. The summed E-state index contributed by atoms with van der Waals surface area (Å²) in [6, 6.07) is 0. The van der Waals surface area contributed by atoms with Crippen LogP contribution in [0.2, 0.25) is 0 Å². The molecule has 1 rings (SSSR count). The standard InChI is InChI=1S/C14H22N2O5/c1-13(2,11(19)15-5)8-14(3,4)12(20)21-16-9(17)6-7-10(16)18/h6-8H2,1-5H3,(H,15,19). The molecular weight excluding hydrogens is 276 g/mol. The number of carbonyl (C=O) groups is 4. The van der Waals surface area contributed by atoms with Gasteiger partial charge in [0.05, 0.1) is 5.41 Å². The lowest BCUT2D eigenvalue weighted by molar-refractivity contribution is -0.205. The molecule has 1 saturated heterocycles. The zero-order valence-corrected chi connectivity index (χ0v) is 13.1. The van der Waals surface area contributed by atoms with E-state index in [1.54, 1.807) is 27.7 Å². The highest BCUT2D eigenvalue weighted by Gasteiger charge is 2.42. The molecule has 0 saturated carbocycles. The lowest BCUT2D eigenvalue weighted by atomic mass is 9.74. The van der Waals surface area contributed by atoms with Crippen molar-refractivity contribution in [3.63, 3.8) is 0 Å². The Bertz CT molecular complexity index is 466. The summed E-state index contributed by atoms with van der Waals surface area (Å²) in [5.74, 6) is -1.94. The SMILES string of the molecule is CNC(=O)C(C)(C)CC(C)(C)C(=O)ON1C(=O)CCC1=O. The number of hydrogen-bond acceptors (Lipinski definition) is 5. The number of rotatable bonds is 5. The third-order valence-electron chi connectivity index (χ3n) is 3.46. The van der Waals surface area contributed by atoms with Crippen molar-refractivity contribution in [3.05, 3.63) is 0 Å². The molecular formula is C14H22N2O5. The molecule has 1 aliphatic rings. The molecule has 0 spiro atoms. The molecule has 3 amide bonds. The third kappa shape index (κ3) is 3.80. The number of nitrogens with zero attached hydrogens (tertiary/aromatic N) is 1. The molecule has 118 valence electrons. The van der Waals surface area contributed by atoms with Gasteiger partial charge in [-0.1, -0.05) is 13.8 Å². The van der Waals surface area contributed by atoms with E-state index in [1.165, 1.54) is 7.05 Å². The number of imide groups is 1. The second-order valence-electron chi connectivity index (χ2n) is 6.48. The zero-order chi connectivity index (χ0) is 16.4. The van der Waals surface area contributed by atoms with E-state index in [0.717, 1.165) is 0 Å². The Morgan fingerprint density at radius 3 is 2.00 bits per heavy atom. The third-order valence-corrected chi connectivity index (χ3v) is 3.46. The number of hydroxylamine groups is 2. The van der Waals surface area contributed by atoms with Crippen LogP contribution in [0, 0.1) is 10.8 Å². The highest BCUT2D eigenvalue weighted by molar-refractivity contribution is 6.01. The van der Waals surface area contributed by atoms with Crippen LogP contribution in [0.15, 0.2) is 0 Å². The molecule has 0 radical (unpaired) electrons. The second kappa shape index (κ2) is 5.83. The molecule has 0 aromatic carbocycles. The van der Waals surface area contributed by atoms with E-state index >= 15 is 0 Å². The van der Waals surface area contributed by atoms with Gasteiger partial charge in [0.15, 0.2) is 0 Å². The normalized spacial score (nSPS) is 16.1. The van der Waals surface area contributed by atoms with Gasteiger partial charge in [0.25, 0.3) is 11.8 Å². The Hall–Kier alpha value is -1.92. The first kappa shape index (κ1) is 17.1. The quantitative estimate of drug-likeness (QED) is 0.757. The first-order valence-electron chi connectivity index (χ1n) is 6.81. The minimum atomic E-state index is -1.01. The van der Waals surface area contributed by atoms with Crippen LogP contribution in [0.3, 0.4) is 0 Å². The maximum Gasteiger partial charge on any atom is 0.338 e. The molecule has 0 unspecified atom stereocenters. The second-order valence-corrected chi connectivity index (χ2v) is 6.48. The van der Waals surface area contributed by atoms with E-state index in [1.807, 2.05) is 0 Å². The molecule has 0 atom stereocenters. The molecule has 1 aliphatic heterocycles. The van der Waals surface area contributed by atoms with Gasteiger partial charge in [0.2, 0.25) is 5.91 Å². The summed E-state index contributed by atoms with van der Waals surface area (Å²) in [5.41, 5.74) is -1.80. The van der Waals surface area contributed by atoms with Crippen LogP contribution in [0.25, 0.3) is 0 Å².